The van der Waals surface area contributed by atoms with Crippen molar-refractivity contribution < 1.29 is 9.34 Å². The number of benzene rings is 1. The second kappa shape index (κ2) is 6.62. The lowest BCUT2D eigenvalue weighted by Gasteiger charge is -1.97. The summed E-state index contributed by atoms with van der Waals surface area (Å²) in [6, 6.07) is 10.4. The normalized spacial score (nSPS) is 11.1. The van der Waals surface area contributed by atoms with Crippen molar-refractivity contribution in [3.05, 3.63) is 83.8 Å². The average molecular weight is 360 g/mol. The van der Waals surface area contributed by atoms with Gasteiger partial charge in [0.1, 0.15) is 17.2 Å². The van der Waals surface area contributed by atoms with E-state index in [4.69, 9.17) is 16.0 Å². The lowest BCUT2D eigenvalue weighted by molar-refractivity contribution is -0.386. The van der Waals surface area contributed by atoms with Crippen molar-refractivity contribution in [2.45, 2.75) is 0 Å². The van der Waals surface area contributed by atoms with E-state index in [1.807, 2.05) is 4.98 Å². The molecule has 25 heavy (non-hydrogen) atoms. The molecule has 0 radical (unpaired) electrons. The molecule has 0 amide bonds. The maximum Gasteiger partial charge on any atom is 0.357 e. The highest BCUT2D eigenvalue weighted by molar-refractivity contribution is 6.30. The Morgan fingerprint density at radius 1 is 1.04 bits per heavy atom. The van der Waals surface area contributed by atoms with E-state index in [9.17, 15) is 19.7 Å². The van der Waals surface area contributed by atoms with E-state index in [2.05, 4.69) is 4.98 Å². The molecular formula is C16H10ClN3O5. The number of rotatable bonds is 4. The molecule has 0 saturated carbocycles. The monoisotopic (exact) mass is 359 g/mol. The van der Waals surface area contributed by atoms with E-state index < -0.39 is 21.9 Å². The van der Waals surface area contributed by atoms with E-state index in [-0.39, 0.29) is 5.69 Å². The zero-order valence-electron chi connectivity index (χ0n) is 12.5. The fourth-order valence-electron chi connectivity index (χ4n) is 2.18. The summed E-state index contributed by atoms with van der Waals surface area (Å²) in [6.07, 6.45) is 2.65. The Labute approximate surface area is 144 Å². The van der Waals surface area contributed by atoms with Crippen LogP contribution in [-0.4, -0.2) is 14.9 Å². The molecule has 2 aromatic heterocycles. The summed E-state index contributed by atoms with van der Waals surface area (Å²) in [6.45, 7) is 0. The molecule has 0 aliphatic heterocycles. The molecule has 3 rings (SSSR count). The van der Waals surface area contributed by atoms with Gasteiger partial charge in [0, 0.05) is 10.6 Å². The third-order valence-electron chi connectivity index (χ3n) is 3.30. The predicted octanol–water partition coefficient (Wildman–Crippen LogP) is 3.06. The molecule has 0 unspecified atom stereocenters. The SMILES string of the molecule is O=c1[nH]c(/C=C\c2ccc(-c3ccc(Cl)cc3)o2)c([N+](=O)[O-])c(=O)[nH]1. The molecule has 0 aliphatic carbocycles. The highest BCUT2D eigenvalue weighted by Crippen LogP contribution is 2.24. The molecule has 0 atom stereocenters. The summed E-state index contributed by atoms with van der Waals surface area (Å²) in [5.41, 5.74) is -2.07. The third-order valence-corrected chi connectivity index (χ3v) is 3.55. The van der Waals surface area contributed by atoms with Crippen LogP contribution in [0.5, 0.6) is 0 Å². The van der Waals surface area contributed by atoms with Crippen LogP contribution in [0.4, 0.5) is 5.69 Å². The molecular weight excluding hydrogens is 350 g/mol. The lowest BCUT2D eigenvalue weighted by Crippen LogP contribution is -2.25. The summed E-state index contributed by atoms with van der Waals surface area (Å²) in [5, 5.41) is 11.6. The van der Waals surface area contributed by atoms with Gasteiger partial charge in [-0.1, -0.05) is 11.6 Å². The van der Waals surface area contributed by atoms with Gasteiger partial charge in [0.2, 0.25) is 0 Å². The standard InChI is InChI=1S/C16H10ClN3O5/c17-10-3-1-9(2-4-10)13-8-6-11(25-13)5-7-12-14(20(23)24)15(21)19-16(22)18-12/h1-8H,(H2,18,19,21,22)/b7-5-. The van der Waals surface area contributed by atoms with Crippen molar-refractivity contribution in [1.29, 1.82) is 0 Å². The van der Waals surface area contributed by atoms with Gasteiger partial charge < -0.3 is 9.40 Å². The molecule has 126 valence electrons. The second-order valence-corrected chi connectivity index (χ2v) is 5.41. The Balaban J connectivity index is 1.94. The smallest absolute Gasteiger partial charge is 0.357 e. The minimum atomic E-state index is -1.07. The van der Waals surface area contributed by atoms with Crippen molar-refractivity contribution >= 4 is 29.4 Å². The Kier molecular flexibility index (Phi) is 4.36. The van der Waals surface area contributed by atoms with E-state index in [0.717, 1.165) is 5.56 Å². The minimum Gasteiger partial charge on any atom is -0.457 e. The number of nitrogens with one attached hydrogen (secondary N) is 2. The molecule has 2 heterocycles. The number of aromatic amines is 2. The highest BCUT2D eigenvalue weighted by Gasteiger charge is 2.18. The maximum atomic E-state index is 11.5. The molecule has 0 aliphatic rings. The number of furan rings is 1. The van der Waals surface area contributed by atoms with Crippen molar-refractivity contribution in [3.8, 4) is 11.3 Å². The summed E-state index contributed by atoms with van der Waals surface area (Å²) in [4.78, 5) is 37.0. The largest absolute Gasteiger partial charge is 0.457 e. The number of hydrogen-bond donors (Lipinski definition) is 2. The first-order valence-corrected chi connectivity index (χ1v) is 7.36. The fraction of sp³-hybridized carbons (Fsp3) is 0. The summed E-state index contributed by atoms with van der Waals surface area (Å²) in [5.74, 6) is 0.964. The van der Waals surface area contributed by atoms with Crippen molar-refractivity contribution in [3.63, 3.8) is 0 Å². The molecule has 0 bridgehead atoms. The molecule has 0 spiro atoms. The van der Waals surface area contributed by atoms with E-state index >= 15 is 0 Å². The Hall–Kier alpha value is -3.39. The molecule has 2 N–H and O–H groups in total. The van der Waals surface area contributed by atoms with Crippen molar-refractivity contribution in [1.82, 2.24) is 9.97 Å². The number of halogens is 1. The summed E-state index contributed by atoms with van der Waals surface area (Å²) >= 11 is 5.83. The molecule has 9 heteroatoms. The zero-order chi connectivity index (χ0) is 18.0. The Bertz CT molecular complexity index is 1080. The van der Waals surface area contributed by atoms with Gasteiger partial charge in [-0.25, -0.2) is 4.79 Å². The second-order valence-electron chi connectivity index (χ2n) is 4.97. The van der Waals surface area contributed by atoms with Crippen molar-refractivity contribution in [2.75, 3.05) is 0 Å². The van der Waals surface area contributed by atoms with Gasteiger partial charge in [-0.15, -0.1) is 0 Å². The third kappa shape index (κ3) is 3.59. The average Bonchev–Trinajstić information content (AvgIpc) is 3.01. The molecule has 0 saturated heterocycles. The van der Waals surface area contributed by atoms with E-state index in [1.54, 1.807) is 36.4 Å². The molecule has 0 fully saturated rings. The van der Waals surface area contributed by atoms with Gasteiger partial charge in [-0.05, 0) is 48.6 Å². The zero-order valence-corrected chi connectivity index (χ0v) is 13.2. The summed E-state index contributed by atoms with van der Waals surface area (Å²) < 4.78 is 5.61. The topological polar surface area (TPSA) is 122 Å². The van der Waals surface area contributed by atoms with Crippen LogP contribution < -0.4 is 11.2 Å². The van der Waals surface area contributed by atoms with Crippen LogP contribution in [0.1, 0.15) is 11.5 Å². The predicted molar refractivity (Wildman–Crippen MR) is 92.4 cm³/mol. The summed E-state index contributed by atoms with van der Waals surface area (Å²) in [7, 11) is 0. The van der Waals surface area contributed by atoms with Crippen LogP contribution in [0.3, 0.4) is 0 Å². The molecule has 3 aromatic rings. The maximum absolute atomic E-state index is 11.5. The Morgan fingerprint density at radius 2 is 1.76 bits per heavy atom. The fourth-order valence-corrected chi connectivity index (χ4v) is 2.30. The number of aromatic nitrogens is 2. The molecule has 1 aromatic carbocycles. The van der Waals surface area contributed by atoms with Crippen LogP contribution in [0, 0.1) is 10.1 Å². The first-order valence-electron chi connectivity index (χ1n) is 6.99. The van der Waals surface area contributed by atoms with Crippen molar-refractivity contribution in [2.24, 2.45) is 0 Å². The van der Waals surface area contributed by atoms with E-state index in [0.29, 0.717) is 16.5 Å². The number of nitro groups is 1. The minimum absolute atomic E-state index is 0.219. The van der Waals surface area contributed by atoms with Gasteiger partial charge in [-0.3, -0.25) is 19.9 Å². The number of H-pyrrole nitrogens is 2. The van der Waals surface area contributed by atoms with Crippen LogP contribution in [0.15, 0.2) is 50.4 Å². The lowest BCUT2D eigenvalue weighted by atomic mass is 10.2. The number of nitrogens with zero attached hydrogens (tertiary/aromatic N) is 1. The first kappa shape index (κ1) is 16.5. The number of hydrogen-bond acceptors (Lipinski definition) is 5. The first-order chi connectivity index (χ1) is 11.9. The van der Waals surface area contributed by atoms with Crippen LogP contribution in [-0.2, 0) is 0 Å². The van der Waals surface area contributed by atoms with Crippen LogP contribution >= 0.6 is 11.6 Å². The highest BCUT2D eigenvalue weighted by atomic mass is 35.5. The van der Waals surface area contributed by atoms with Gasteiger partial charge in [0.15, 0.2) is 0 Å². The molecule has 8 nitrogen and oxygen atoms in total. The van der Waals surface area contributed by atoms with Crippen LogP contribution in [0.25, 0.3) is 23.5 Å². The Morgan fingerprint density at radius 3 is 2.44 bits per heavy atom. The van der Waals surface area contributed by atoms with Gasteiger partial charge in [0.05, 0.1) is 4.92 Å². The van der Waals surface area contributed by atoms with Crippen LogP contribution in [0.2, 0.25) is 5.02 Å². The van der Waals surface area contributed by atoms with Gasteiger partial charge in [0.25, 0.3) is 0 Å². The van der Waals surface area contributed by atoms with Gasteiger partial charge >= 0.3 is 16.9 Å². The quantitative estimate of drug-likeness (QED) is 0.547. The van der Waals surface area contributed by atoms with E-state index in [1.165, 1.54) is 12.2 Å². The van der Waals surface area contributed by atoms with Gasteiger partial charge in [-0.2, -0.15) is 0 Å².